The van der Waals surface area contributed by atoms with Crippen LogP contribution >= 0.6 is 0 Å². The van der Waals surface area contributed by atoms with E-state index in [4.69, 9.17) is 15.0 Å². The molecular formula is C45H38N5Si2-. The van der Waals surface area contributed by atoms with Gasteiger partial charge in [-0.05, 0) is 0 Å². The summed E-state index contributed by atoms with van der Waals surface area (Å²) in [5.74, 6) is 2.05. The van der Waals surface area contributed by atoms with E-state index in [1.54, 1.807) is 0 Å². The van der Waals surface area contributed by atoms with Gasteiger partial charge in [0, 0.05) is 0 Å². The second-order valence-corrected chi connectivity index (χ2v) is 21.9. The fourth-order valence-corrected chi connectivity index (χ4v) is 25.9. The molecule has 0 bridgehead atoms. The normalized spacial score (nSPS) is 18.0. The van der Waals surface area contributed by atoms with E-state index in [0.717, 1.165) is 23.5 Å². The molecule has 1 saturated heterocycles. The Kier molecular flexibility index (Phi) is 8.36. The summed E-state index contributed by atoms with van der Waals surface area (Å²) in [4.78, 5) is 16.3. The van der Waals surface area contributed by atoms with Gasteiger partial charge >= 0.3 is 308 Å². The average molecular weight is 705 g/mol. The molecule has 2 heterocycles. The van der Waals surface area contributed by atoms with Gasteiger partial charge in [0.05, 0.1) is 0 Å². The second-order valence-electron chi connectivity index (χ2n) is 13.4. The predicted molar refractivity (Wildman–Crippen MR) is 219 cm³/mol. The number of hydrogen-bond acceptors (Lipinski definition) is 5. The van der Waals surface area contributed by atoms with Gasteiger partial charge < -0.3 is 0 Å². The van der Waals surface area contributed by atoms with Gasteiger partial charge in [-0.25, -0.2) is 0 Å². The van der Waals surface area contributed by atoms with Crippen molar-refractivity contribution in [1.29, 1.82) is 0 Å². The SMILES string of the molecule is C1=CCC(N2[Si](c3ccccc3)(c3ccccc3)N(c3nc(-c4ccccc4)nc(-c4ccccc4)n3)[SiH-]2(c2ccccc2)c2ccccc2)C=C1. The van der Waals surface area contributed by atoms with Crippen LogP contribution in [0.25, 0.3) is 22.8 Å². The minimum atomic E-state index is -3.61. The quantitative estimate of drug-likeness (QED) is 0.170. The second kappa shape index (κ2) is 13.6. The Morgan fingerprint density at radius 1 is 0.481 bits per heavy atom. The van der Waals surface area contributed by atoms with Gasteiger partial charge in [0.1, 0.15) is 0 Å². The summed E-state index contributed by atoms with van der Waals surface area (Å²) in [5.41, 5.74) is 1.92. The van der Waals surface area contributed by atoms with Gasteiger partial charge in [-0.15, -0.1) is 0 Å². The molecule has 1 aliphatic heterocycles. The molecular weight excluding hydrogens is 667 g/mol. The minimum absolute atomic E-state index is 0.155. The topological polar surface area (TPSA) is 45.2 Å². The van der Waals surface area contributed by atoms with Crippen molar-refractivity contribution in [3.05, 3.63) is 206 Å². The van der Waals surface area contributed by atoms with E-state index in [2.05, 4.69) is 203 Å². The Hall–Kier alpha value is -6.00. The average Bonchev–Trinajstić information content (AvgIpc) is 3.23. The molecule has 0 spiro atoms. The van der Waals surface area contributed by atoms with Crippen molar-refractivity contribution in [3.8, 4) is 22.8 Å². The standard InChI is InChI=1S/C45H38N5Si2/c1-8-22-36(23-9-1)43-46-44(37-24-10-2-11-25-37)48-45(47-43)50-51(39-28-14-4-15-29-39,40-30-16-5-17-31-40)49(38-26-12-3-13-27-38)52(50,41-32-18-6-19-33-41)42-34-20-7-21-35-42/h1-26,28-35,38,51H,27H2/q-1. The number of allylic oxidation sites excluding steroid dienone is 2. The molecule has 0 N–H and O–H groups in total. The van der Waals surface area contributed by atoms with Crippen LogP contribution in [0.5, 0.6) is 0 Å². The fourth-order valence-electron chi connectivity index (χ4n) is 8.58. The summed E-state index contributed by atoms with van der Waals surface area (Å²) in [5, 5.41) is 5.24. The Labute approximate surface area is 307 Å². The first-order valence-corrected chi connectivity index (χ1v) is 22.1. The molecule has 0 saturated carbocycles. The van der Waals surface area contributed by atoms with Crippen LogP contribution in [-0.2, 0) is 0 Å². The van der Waals surface area contributed by atoms with Crippen LogP contribution in [0.2, 0.25) is 0 Å². The van der Waals surface area contributed by atoms with E-state index in [-0.39, 0.29) is 6.04 Å². The van der Waals surface area contributed by atoms with E-state index in [0.29, 0.717) is 11.6 Å². The van der Waals surface area contributed by atoms with Crippen molar-refractivity contribution < 1.29 is 0 Å². The van der Waals surface area contributed by atoms with E-state index in [9.17, 15) is 0 Å². The monoisotopic (exact) mass is 704 g/mol. The summed E-state index contributed by atoms with van der Waals surface area (Å²) in [6.07, 6.45) is 10.1. The molecule has 1 fully saturated rings. The van der Waals surface area contributed by atoms with Gasteiger partial charge in [0.2, 0.25) is 0 Å². The third kappa shape index (κ3) is 5.13. The molecule has 1 unspecified atom stereocenters. The number of benzene rings is 6. The fraction of sp³-hybridized carbons (Fsp3) is 0.0444. The van der Waals surface area contributed by atoms with Crippen molar-refractivity contribution in [3.63, 3.8) is 0 Å². The third-order valence-corrected chi connectivity index (χ3v) is 24.1. The maximum atomic E-state index is 5.54. The van der Waals surface area contributed by atoms with Crippen molar-refractivity contribution in [2.75, 3.05) is 4.23 Å². The van der Waals surface area contributed by atoms with E-state index >= 15 is 0 Å². The number of anilines is 1. The first-order chi connectivity index (χ1) is 25.8. The summed E-state index contributed by atoms with van der Waals surface area (Å²) in [7, 11) is -6.74. The maximum absolute atomic E-state index is 5.54. The van der Waals surface area contributed by atoms with Crippen LogP contribution in [0, 0.1) is 0 Å². The van der Waals surface area contributed by atoms with Gasteiger partial charge in [0.15, 0.2) is 0 Å². The zero-order valence-corrected chi connectivity index (χ0v) is 30.9. The molecule has 1 aliphatic carbocycles. The Balaban J connectivity index is 1.46. The molecule has 7 heteroatoms. The van der Waals surface area contributed by atoms with Crippen LogP contribution in [0.1, 0.15) is 6.42 Å². The van der Waals surface area contributed by atoms with Crippen LogP contribution in [0.15, 0.2) is 206 Å². The first kappa shape index (κ1) is 31.9. The first-order valence-electron chi connectivity index (χ1n) is 18.0. The summed E-state index contributed by atoms with van der Waals surface area (Å²) in [6, 6.07) is 65.5. The summed E-state index contributed by atoms with van der Waals surface area (Å²) in [6.45, 7) is 0. The van der Waals surface area contributed by atoms with Crippen LogP contribution in [0.4, 0.5) is 5.95 Å². The number of rotatable bonds is 8. The molecule has 252 valence electrons. The van der Waals surface area contributed by atoms with Gasteiger partial charge in [-0.2, -0.15) is 0 Å². The molecule has 9 rings (SSSR count). The van der Waals surface area contributed by atoms with Gasteiger partial charge in [0.25, 0.3) is 0 Å². The Morgan fingerprint density at radius 3 is 1.33 bits per heavy atom. The van der Waals surface area contributed by atoms with Gasteiger partial charge in [-0.3, -0.25) is 0 Å². The Morgan fingerprint density at radius 2 is 0.904 bits per heavy atom. The van der Waals surface area contributed by atoms with Crippen molar-refractivity contribution in [1.82, 2.24) is 19.2 Å². The van der Waals surface area contributed by atoms with Crippen molar-refractivity contribution in [2.45, 2.75) is 12.5 Å². The van der Waals surface area contributed by atoms with E-state index in [1.807, 2.05) is 12.1 Å². The summed E-state index contributed by atoms with van der Waals surface area (Å²) >= 11 is 0. The molecule has 7 aromatic rings. The van der Waals surface area contributed by atoms with Crippen LogP contribution in [-0.4, -0.2) is 42.0 Å². The molecule has 52 heavy (non-hydrogen) atoms. The molecule has 0 amide bonds. The predicted octanol–water partition coefficient (Wildman–Crippen LogP) is 6.46. The van der Waals surface area contributed by atoms with E-state index < -0.39 is 16.8 Å². The van der Waals surface area contributed by atoms with Gasteiger partial charge in [-0.1, -0.05) is 0 Å². The molecule has 2 aliphatic rings. The number of hydrogen-bond donors (Lipinski definition) is 0. The number of nitrogens with zero attached hydrogens (tertiary/aromatic N) is 5. The zero-order valence-electron chi connectivity index (χ0n) is 28.7. The third-order valence-electron chi connectivity index (χ3n) is 10.6. The summed E-state index contributed by atoms with van der Waals surface area (Å²) < 4.78 is 5.78. The van der Waals surface area contributed by atoms with Crippen molar-refractivity contribution >= 4 is 43.5 Å². The molecule has 1 aromatic heterocycles. The Bertz CT molecular complexity index is 2110. The van der Waals surface area contributed by atoms with E-state index in [1.165, 1.54) is 20.7 Å². The molecule has 1 atom stereocenters. The van der Waals surface area contributed by atoms with Crippen LogP contribution in [0.3, 0.4) is 0 Å². The molecule has 0 radical (unpaired) electrons. The van der Waals surface area contributed by atoms with Crippen molar-refractivity contribution in [2.24, 2.45) is 0 Å². The van der Waals surface area contributed by atoms with Crippen LogP contribution < -0.4 is 25.0 Å². The molecule has 6 aromatic carbocycles. The zero-order chi connectivity index (χ0) is 34.8. The number of aromatic nitrogens is 3. The molecule has 5 nitrogen and oxygen atoms in total.